The minimum atomic E-state index is -0.819. The van der Waals surface area contributed by atoms with E-state index >= 15 is 0 Å². The highest BCUT2D eigenvalue weighted by Crippen LogP contribution is 2.47. The molecule has 0 unspecified atom stereocenters. The average Bonchev–Trinajstić information content (AvgIpc) is 2.51. The molecule has 0 aromatic heterocycles. The Bertz CT molecular complexity index is 747. The van der Waals surface area contributed by atoms with Gasteiger partial charge in [0.2, 0.25) is 0 Å². The van der Waals surface area contributed by atoms with Crippen LogP contribution in [0.4, 0.5) is 0 Å². The largest absolute Gasteiger partial charge is 0.468 e. The first-order chi connectivity index (χ1) is 10.8. The Balaban J connectivity index is 2.32. The molecular weight excluding hydrogens is 290 g/mol. The SMILES string of the molecule is COC(=O)[C@@]12CC(C)=C(C)C[C@@H]1NC(=O)c1cc(C)c(C)cc12. The number of amides is 1. The maximum atomic E-state index is 12.8. The molecule has 3 rings (SSSR count). The number of benzene rings is 1. The van der Waals surface area contributed by atoms with Crippen molar-refractivity contribution in [2.45, 2.75) is 52.0 Å². The highest BCUT2D eigenvalue weighted by Gasteiger charge is 2.55. The molecular formula is C19H23NO3. The van der Waals surface area contributed by atoms with Crippen LogP contribution in [0, 0.1) is 13.8 Å². The molecule has 0 saturated carbocycles. The number of nitrogens with one attached hydrogen (secondary N) is 1. The Hall–Kier alpha value is -2.10. The van der Waals surface area contributed by atoms with E-state index in [1.54, 1.807) is 0 Å². The van der Waals surface area contributed by atoms with Gasteiger partial charge in [0.1, 0.15) is 5.41 Å². The van der Waals surface area contributed by atoms with Gasteiger partial charge in [0, 0.05) is 5.56 Å². The molecule has 1 aliphatic carbocycles. The molecule has 4 nitrogen and oxygen atoms in total. The molecule has 1 heterocycles. The van der Waals surface area contributed by atoms with Gasteiger partial charge in [-0.15, -0.1) is 0 Å². The van der Waals surface area contributed by atoms with Gasteiger partial charge >= 0.3 is 5.97 Å². The quantitative estimate of drug-likeness (QED) is 0.640. The standard InChI is InChI=1S/C19H23NO3/c1-10-6-14-15(7-11(10)2)19(18(22)23-5)9-13(4)12(3)8-16(19)20-17(14)21/h6-7,16H,8-9H2,1-5H3,(H,20,21)/t16-,19+/m0/s1. The zero-order valence-electron chi connectivity index (χ0n) is 14.4. The van der Waals surface area contributed by atoms with Gasteiger partial charge in [0.05, 0.1) is 13.2 Å². The Morgan fingerprint density at radius 3 is 2.48 bits per heavy atom. The van der Waals surface area contributed by atoms with Crippen LogP contribution in [0.15, 0.2) is 23.3 Å². The second-order valence-corrected chi connectivity index (χ2v) is 6.91. The molecule has 2 atom stereocenters. The summed E-state index contributed by atoms with van der Waals surface area (Å²) < 4.78 is 5.18. The van der Waals surface area contributed by atoms with E-state index in [9.17, 15) is 9.59 Å². The van der Waals surface area contributed by atoms with Crippen molar-refractivity contribution in [2.24, 2.45) is 0 Å². The fraction of sp³-hybridized carbons (Fsp3) is 0.474. The van der Waals surface area contributed by atoms with E-state index in [-0.39, 0.29) is 17.9 Å². The molecule has 4 heteroatoms. The van der Waals surface area contributed by atoms with Crippen molar-refractivity contribution < 1.29 is 14.3 Å². The monoisotopic (exact) mass is 313 g/mol. The Kier molecular flexibility index (Phi) is 3.58. The number of aryl methyl sites for hydroxylation is 2. The van der Waals surface area contributed by atoms with Gasteiger partial charge < -0.3 is 10.1 Å². The van der Waals surface area contributed by atoms with Gasteiger partial charge in [0.25, 0.3) is 5.91 Å². The molecule has 1 aromatic carbocycles. The van der Waals surface area contributed by atoms with Crippen LogP contribution < -0.4 is 5.32 Å². The minimum absolute atomic E-state index is 0.0972. The van der Waals surface area contributed by atoms with Crippen LogP contribution in [0.25, 0.3) is 0 Å². The Morgan fingerprint density at radius 1 is 1.17 bits per heavy atom. The lowest BCUT2D eigenvalue weighted by molar-refractivity contribution is -0.149. The smallest absolute Gasteiger partial charge is 0.318 e. The maximum absolute atomic E-state index is 12.8. The number of carbonyl (C=O) groups excluding carboxylic acids is 2. The molecule has 0 bridgehead atoms. The molecule has 0 radical (unpaired) electrons. The molecule has 1 amide bonds. The van der Waals surface area contributed by atoms with Gasteiger partial charge in [0.15, 0.2) is 0 Å². The first-order valence-corrected chi connectivity index (χ1v) is 7.97. The lowest BCUT2D eigenvalue weighted by Gasteiger charge is -2.46. The van der Waals surface area contributed by atoms with Crippen LogP contribution >= 0.6 is 0 Å². The number of allylic oxidation sites excluding steroid dienone is 1. The van der Waals surface area contributed by atoms with Crippen molar-refractivity contribution in [1.29, 1.82) is 0 Å². The molecule has 0 saturated heterocycles. The van der Waals surface area contributed by atoms with Crippen molar-refractivity contribution in [3.05, 3.63) is 45.5 Å². The summed E-state index contributed by atoms with van der Waals surface area (Å²) in [7, 11) is 1.42. The fourth-order valence-corrected chi connectivity index (χ4v) is 3.92. The van der Waals surface area contributed by atoms with E-state index in [4.69, 9.17) is 4.74 Å². The molecule has 23 heavy (non-hydrogen) atoms. The maximum Gasteiger partial charge on any atom is 0.318 e. The van der Waals surface area contributed by atoms with E-state index in [1.807, 2.05) is 26.0 Å². The fourth-order valence-electron chi connectivity index (χ4n) is 3.92. The number of rotatable bonds is 1. The summed E-state index contributed by atoms with van der Waals surface area (Å²) in [6.45, 7) is 8.13. The summed E-state index contributed by atoms with van der Waals surface area (Å²) in [6.07, 6.45) is 1.27. The number of fused-ring (bicyclic) bond motifs is 3. The van der Waals surface area contributed by atoms with Crippen molar-refractivity contribution in [3.63, 3.8) is 0 Å². The summed E-state index contributed by atoms with van der Waals surface area (Å²) in [4.78, 5) is 25.4. The van der Waals surface area contributed by atoms with Crippen LogP contribution in [0.5, 0.6) is 0 Å². The van der Waals surface area contributed by atoms with Crippen molar-refractivity contribution in [1.82, 2.24) is 5.32 Å². The summed E-state index contributed by atoms with van der Waals surface area (Å²) in [5, 5.41) is 3.05. The minimum Gasteiger partial charge on any atom is -0.468 e. The summed E-state index contributed by atoms with van der Waals surface area (Å²) in [5.41, 5.74) is 5.17. The molecule has 2 aliphatic rings. The van der Waals surface area contributed by atoms with E-state index in [0.29, 0.717) is 18.4 Å². The van der Waals surface area contributed by atoms with Gasteiger partial charge in [-0.05, 0) is 63.3 Å². The summed E-state index contributed by atoms with van der Waals surface area (Å²) >= 11 is 0. The molecule has 122 valence electrons. The van der Waals surface area contributed by atoms with Gasteiger partial charge in [-0.2, -0.15) is 0 Å². The zero-order chi connectivity index (χ0) is 16.9. The van der Waals surface area contributed by atoms with Crippen LogP contribution in [-0.4, -0.2) is 25.0 Å². The molecule has 1 N–H and O–H groups in total. The number of hydrogen-bond acceptors (Lipinski definition) is 3. The van der Waals surface area contributed by atoms with E-state index in [1.165, 1.54) is 18.3 Å². The van der Waals surface area contributed by atoms with Gasteiger partial charge in [-0.3, -0.25) is 9.59 Å². The first kappa shape index (κ1) is 15.8. The van der Waals surface area contributed by atoms with E-state index in [2.05, 4.69) is 19.2 Å². The zero-order valence-corrected chi connectivity index (χ0v) is 14.4. The predicted molar refractivity (Wildman–Crippen MR) is 88.5 cm³/mol. The third-order valence-corrected chi connectivity index (χ3v) is 5.59. The second-order valence-electron chi connectivity index (χ2n) is 6.91. The second kappa shape index (κ2) is 5.22. The Labute approximate surface area is 136 Å². The lowest BCUT2D eigenvalue weighted by atomic mass is 9.61. The number of ether oxygens (including phenoxy) is 1. The third-order valence-electron chi connectivity index (χ3n) is 5.59. The molecule has 0 spiro atoms. The average molecular weight is 313 g/mol. The number of hydrogen-bond donors (Lipinski definition) is 1. The Morgan fingerprint density at radius 2 is 1.83 bits per heavy atom. The van der Waals surface area contributed by atoms with E-state index < -0.39 is 5.41 Å². The summed E-state index contributed by atoms with van der Waals surface area (Å²) in [5.74, 6) is -0.362. The topological polar surface area (TPSA) is 55.4 Å². The van der Waals surface area contributed by atoms with Crippen LogP contribution in [0.2, 0.25) is 0 Å². The van der Waals surface area contributed by atoms with Crippen molar-refractivity contribution in [2.75, 3.05) is 7.11 Å². The first-order valence-electron chi connectivity index (χ1n) is 7.97. The molecule has 1 aromatic rings. The van der Waals surface area contributed by atoms with Crippen molar-refractivity contribution in [3.8, 4) is 0 Å². The van der Waals surface area contributed by atoms with Gasteiger partial charge in [-0.1, -0.05) is 17.2 Å². The van der Waals surface area contributed by atoms with Crippen LogP contribution in [-0.2, 0) is 14.9 Å². The third kappa shape index (κ3) is 2.12. The molecule has 0 fully saturated rings. The van der Waals surface area contributed by atoms with Gasteiger partial charge in [-0.25, -0.2) is 0 Å². The predicted octanol–water partition coefficient (Wildman–Crippen LogP) is 2.96. The number of carbonyl (C=O) groups is 2. The number of methoxy groups -OCH3 is 1. The highest BCUT2D eigenvalue weighted by molar-refractivity contribution is 6.02. The molecule has 1 aliphatic heterocycles. The summed E-state index contributed by atoms with van der Waals surface area (Å²) in [6, 6.07) is 3.64. The highest BCUT2D eigenvalue weighted by atomic mass is 16.5. The van der Waals surface area contributed by atoms with Crippen LogP contribution in [0.3, 0.4) is 0 Å². The van der Waals surface area contributed by atoms with E-state index in [0.717, 1.165) is 16.7 Å². The lowest BCUT2D eigenvalue weighted by Crippen LogP contribution is -2.61. The normalized spacial score (nSPS) is 26.3. The van der Waals surface area contributed by atoms with Crippen LogP contribution in [0.1, 0.15) is 53.7 Å². The number of esters is 1. The van der Waals surface area contributed by atoms with Crippen molar-refractivity contribution >= 4 is 11.9 Å².